The summed E-state index contributed by atoms with van der Waals surface area (Å²) in [5.74, 6) is -0.964. The third kappa shape index (κ3) is 3.10. The summed E-state index contributed by atoms with van der Waals surface area (Å²) >= 11 is 0. The number of aryl methyl sites for hydroxylation is 3. The summed E-state index contributed by atoms with van der Waals surface area (Å²) in [5, 5.41) is 6.72. The smallest absolute Gasteiger partial charge is 0.271 e. The second kappa shape index (κ2) is 5.78. The number of hydrogen-bond donors (Lipinski definition) is 2. The van der Waals surface area contributed by atoms with Crippen molar-refractivity contribution < 1.29 is 9.59 Å². The average Bonchev–Trinajstić information content (AvgIpc) is 2.85. The van der Waals surface area contributed by atoms with Crippen molar-refractivity contribution in [2.24, 2.45) is 5.73 Å². The SMILES string of the molecule is CCn1cc(NC(=O)c2ccc(C)c(C)c2)c(C(N)=O)n1. The van der Waals surface area contributed by atoms with E-state index in [1.165, 1.54) is 0 Å². The molecule has 0 aliphatic carbocycles. The van der Waals surface area contributed by atoms with Crippen LogP contribution in [0.1, 0.15) is 38.9 Å². The van der Waals surface area contributed by atoms with Crippen molar-refractivity contribution in [3.05, 3.63) is 46.8 Å². The van der Waals surface area contributed by atoms with E-state index < -0.39 is 5.91 Å². The Balaban J connectivity index is 2.28. The second-order valence-electron chi connectivity index (χ2n) is 4.86. The van der Waals surface area contributed by atoms with Crippen LogP contribution in [0.15, 0.2) is 24.4 Å². The van der Waals surface area contributed by atoms with Gasteiger partial charge in [-0.05, 0) is 44.0 Å². The summed E-state index contributed by atoms with van der Waals surface area (Å²) in [6, 6.07) is 5.43. The monoisotopic (exact) mass is 286 g/mol. The summed E-state index contributed by atoms with van der Waals surface area (Å²) in [6.07, 6.45) is 1.60. The highest BCUT2D eigenvalue weighted by molar-refractivity contribution is 6.08. The molecule has 2 aromatic rings. The third-order valence-electron chi connectivity index (χ3n) is 3.34. The number of benzene rings is 1. The maximum absolute atomic E-state index is 12.2. The molecule has 21 heavy (non-hydrogen) atoms. The second-order valence-corrected chi connectivity index (χ2v) is 4.86. The van der Waals surface area contributed by atoms with Crippen LogP contribution in [0, 0.1) is 13.8 Å². The van der Waals surface area contributed by atoms with Gasteiger partial charge in [-0.2, -0.15) is 5.10 Å². The normalized spacial score (nSPS) is 10.4. The number of amides is 2. The van der Waals surface area contributed by atoms with E-state index in [4.69, 9.17) is 5.73 Å². The first-order chi connectivity index (χ1) is 9.92. The highest BCUT2D eigenvalue weighted by atomic mass is 16.2. The molecule has 0 aliphatic rings. The number of aromatic nitrogens is 2. The van der Waals surface area contributed by atoms with E-state index in [0.29, 0.717) is 17.8 Å². The van der Waals surface area contributed by atoms with Gasteiger partial charge in [-0.3, -0.25) is 14.3 Å². The van der Waals surface area contributed by atoms with Crippen molar-refractivity contribution in [3.63, 3.8) is 0 Å². The molecule has 1 aromatic heterocycles. The van der Waals surface area contributed by atoms with Gasteiger partial charge >= 0.3 is 0 Å². The van der Waals surface area contributed by atoms with Crippen LogP contribution in [0.25, 0.3) is 0 Å². The molecule has 0 spiro atoms. The Morgan fingerprint density at radius 1 is 1.29 bits per heavy atom. The van der Waals surface area contributed by atoms with Crippen molar-refractivity contribution in [2.45, 2.75) is 27.3 Å². The van der Waals surface area contributed by atoms with Gasteiger partial charge < -0.3 is 11.1 Å². The number of nitrogens with zero attached hydrogens (tertiary/aromatic N) is 2. The van der Waals surface area contributed by atoms with Crippen molar-refractivity contribution >= 4 is 17.5 Å². The molecule has 2 rings (SSSR count). The fourth-order valence-electron chi connectivity index (χ4n) is 1.93. The standard InChI is InChI=1S/C15H18N4O2/c1-4-19-8-12(13(18-19)14(16)20)17-15(21)11-6-5-9(2)10(3)7-11/h5-8H,4H2,1-3H3,(H2,16,20)(H,17,21). The topological polar surface area (TPSA) is 90.0 Å². The summed E-state index contributed by atoms with van der Waals surface area (Å²) in [5.41, 5.74) is 8.33. The van der Waals surface area contributed by atoms with E-state index in [2.05, 4.69) is 10.4 Å². The maximum Gasteiger partial charge on any atom is 0.271 e. The Morgan fingerprint density at radius 2 is 2.00 bits per heavy atom. The molecule has 0 aliphatic heterocycles. The zero-order chi connectivity index (χ0) is 15.6. The van der Waals surface area contributed by atoms with Crippen LogP contribution >= 0.6 is 0 Å². The van der Waals surface area contributed by atoms with Crippen LogP contribution in [0.3, 0.4) is 0 Å². The number of nitrogens with one attached hydrogen (secondary N) is 1. The van der Waals surface area contributed by atoms with Gasteiger partial charge in [-0.1, -0.05) is 6.07 Å². The molecule has 1 heterocycles. The molecule has 3 N–H and O–H groups in total. The average molecular weight is 286 g/mol. The number of nitrogens with two attached hydrogens (primary N) is 1. The molecule has 6 nitrogen and oxygen atoms in total. The van der Waals surface area contributed by atoms with Crippen molar-refractivity contribution in [1.29, 1.82) is 0 Å². The van der Waals surface area contributed by atoms with Crippen LogP contribution in [-0.4, -0.2) is 21.6 Å². The molecule has 1 aromatic carbocycles. The molecule has 0 saturated heterocycles. The summed E-state index contributed by atoms with van der Waals surface area (Å²) in [6.45, 7) is 6.38. The lowest BCUT2D eigenvalue weighted by Crippen LogP contribution is -2.18. The molecule has 0 saturated carbocycles. The molecule has 0 bridgehead atoms. The van der Waals surface area contributed by atoms with E-state index in [0.717, 1.165) is 11.1 Å². The molecular formula is C15H18N4O2. The van der Waals surface area contributed by atoms with Gasteiger partial charge in [-0.15, -0.1) is 0 Å². The highest BCUT2D eigenvalue weighted by Gasteiger charge is 2.17. The van der Waals surface area contributed by atoms with Crippen LogP contribution in [0.2, 0.25) is 0 Å². The predicted molar refractivity (Wildman–Crippen MR) is 80.3 cm³/mol. The quantitative estimate of drug-likeness (QED) is 0.899. The molecule has 6 heteroatoms. The van der Waals surface area contributed by atoms with Gasteiger partial charge in [0.05, 0.1) is 5.69 Å². The fourth-order valence-corrected chi connectivity index (χ4v) is 1.93. The first-order valence-electron chi connectivity index (χ1n) is 6.68. The molecule has 0 atom stereocenters. The minimum absolute atomic E-state index is 0.0639. The van der Waals surface area contributed by atoms with Gasteiger partial charge in [-0.25, -0.2) is 0 Å². The first kappa shape index (κ1) is 14.8. The molecule has 0 unspecified atom stereocenters. The van der Waals surface area contributed by atoms with Gasteiger partial charge in [0.25, 0.3) is 11.8 Å². The van der Waals surface area contributed by atoms with Gasteiger partial charge in [0, 0.05) is 18.3 Å². The summed E-state index contributed by atoms with van der Waals surface area (Å²) < 4.78 is 1.55. The van der Waals surface area contributed by atoms with Crippen LogP contribution < -0.4 is 11.1 Å². The summed E-state index contributed by atoms with van der Waals surface area (Å²) in [4.78, 5) is 23.6. The highest BCUT2D eigenvalue weighted by Crippen LogP contribution is 2.16. The van der Waals surface area contributed by atoms with E-state index in [1.807, 2.05) is 26.8 Å². The van der Waals surface area contributed by atoms with Crippen LogP contribution in [-0.2, 0) is 6.54 Å². The number of carbonyl (C=O) groups is 2. The molecule has 0 fully saturated rings. The van der Waals surface area contributed by atoms with E-state index in [1.54, 1.807) is 23.0 Å². The van der Waals surface area contributed by atoms with Crippen molar-refractivity contribution in [3.8, 4) is 0 Å². The maximum atomic E-state index is 12.2. The lowest BCUT2D eigenvalue weighted by atomic mass is 10.1. The molecule has 110 valence electrons. The minimum Gasteiger partial charge on any atom is -0.364 e. The van der Waals surface area contributed by atoms with Crippen LogP contribution in [0.5, 0.6) is 0 Å². The Hall–Kier alpha value is -2.63. The van der Waals surface area contributed by atoms with Gasteiger partial charge in [0.1, 0.15) is 0 Å². The fraction of sp³-hybridized carbons (Fsp3) is 0.267. The lowest BCUT2D eigenvalue weighted by Gasteiger charge is -2.06. The number of rotatable bonds is 4. The Labute approximate surface area is 122 Å². The lowest BCUT2D eigenvalue weighted by molar-refractivity contribution is 0.0995. The molecular weight excluding hydrogens is 268 g/mol. The van der Waals surface area contributed by atoms with Crippen molar-refractivity contribution in [1.82, 2.24) is 9.78 Å². The molecule has 2 amide bonds. The largest absolute Gasteiger partial charge is 0.364 e. The van der Waals surface area contributed by atoms with Gasteiger partial charge in [0.2, 0.25) is 0 Å². The van der Waals surface area contributed by atoms with Gasteiger partial charge in [0.15, 0.2) is 5.69 Å². The predicted octanol–water partition coefficient (Wildman–Crippen LogP) is 1.87. The Morgan fingerprint density at radius 3 is 2.57 bits per heavy atom. The summed E-state index contributed by atoms with van der Waals surface area (Å²) in [7, 11) is 0. The van der Waals surface area contributed by atoms with Crippen molar-refractivity contribution in [2.75, 3.05) is 5.32 Å². The zero-order valence-corrected chi connectivity index (χ0v) is 12.3. The number of hydrogen-bond acceptors (Lipinski definition) is 3. The Kier molecular flexibility index (Phi) is 4.07. The Bertz CT molecular complexity index is 704. The number of primary amides is 1. The third-order valence-corrected chi connectivity index (χ3v) is 3.34. The first-order valence-corrected chi connectivity index (χ1v) is 6.68. The number of carbonyl (C=O) groups excluding carboxylic acids is 2. The van der Waals surface area contributed by atoms with E-state index in [-0.39, 0.29) is 11.6 Å². The number of anilines is 1. The van der Waals surface area contributed by atoms with Crippen LogP contribution in [0.4, 0.5) is 5.69 Å². The minimum atomic E-state index is -0.669. The molecule has 0 radical (unpaired) electrons. The van der Waals surface area contributed by atoms with E-state index in [9.17, 15) is 9.59 Å². The van der Waals surface area contributed by atoms with E-state index >= 15 is 0 Å². The zero-order valence-electron chi connectivity index (χ0n) is 12.3.